The van der Waals surface area contributed by atoms with E-state index in [1.165, 1.54) is 25.1 Å². The van der Waals surface area contributed by atoms with E-state index < -0.39 is 17.8 Å². The van der Waals surface area contributed by atoms with Crippen LogP contribution in [0.4, 0.5) is 19.0 Å². The van der Waals surface area contributed by atoms with E-state index in [4.69, 9.17) is 0 Å². The number of nitrogens with zero attached hydrogens (tertiary/aromatic N) is 2. The van der Waals surface area contributed by atoms with Gasteiger partial charge in [0.05, 0.1) is 11.7 Å². The van der Waals surface area contributed by atoms with E-state index in [0.29, 0.717) is 0 Å². The number of halogens is 4. The number of alkyl halides is 3. The number of aliphatic hydroxyl groups excluding tert-OH is 1. The van der Waals surface area contributed by atoms with Gasteiger partial charge in [-0.25, -0.2) is 4.98 Å². The highest BCUT2D eigenvalue weighted by Crippen LogP contribution is 2.36. The second kappa shape index (κ2) is 5.22. The smallest absolute Gasteiger partial charge is 0.392 e. The number of aliphatic hydroxyl groups is 1. The molecule has 0 fully saturated rings. The van der Waals surface area contributed by atoms with E-state index in [2.05, 4.69) is 20.9 Å². The third-order valence-electron chi connectivity index (χ3n) is 2.04. The van der Waals surface area contributed by atoms with E-state index in [-0.39, 0.29) is 16.8 Å². The third kappa shape index (κ3) is 3.85. The molecule has 17 heavy (non-hydrogen) atoms. The fourth-order valence-corrected chi connectivity index (χ4v) is 1.76. The lowest BCUT2D eigenvalue weighted by Crippen LogP contribution is -2.29. The summed E-state index contributed by atoms with van der Waals surface area (Å²) in [6.07, 6.45) is -3.91. The Morgan fingerprint density at radius 1 is 1.53 bits per heavy atom. The van der Waals surface area contributed by atoms with Gasteiger partial charge in [-0.2, -0.15) is 13.2 Å². The van der Waals surface area contributed by atoms with Crippen LogP contribution in [-0.4, -0.2) is 29.8 Å². The summed E-state index contributed by atoms with van der Waals surface area (Å²) in [7, 11) is 1.46. The molecule has 7 heteroatoms. The van der Waals surface area contributed by atoms with Crippen LogP contribution >= 0.6 is 15.9 Å². The maximum Gasteiger partial charge on any atom is 0.419 e. The molecule has 0 aliphatic rings. The van der Waals surface area contributed by atoms with Gasteiger partial charge in [-0.05, 0) is 28.9 Å². The molecule has 3 nitrogen and oxygen atoms in total. The molecule has 0 saturated carbocycles. The molecule has 0 saturated heterocycles. The van der Waals surface area contributed by atoms with Gasteiger partial charge < -0.3 is 10.0 Å². The fourth-order valence-electron chi connectivity index (χ4n) is 1.43. The van der Waals surface area contributed by atoms with E-state index in [1.807, 2.05) is 0 Å². The van der Waals surface area contributed by atoms with E-state index in [0.717, 1.165) is 6.07 Å². The highest BCUT2D eigenvalue weighted by molar-refractivity contribution is 9.10. The minimum absolute atomic E-state index is 0.0811. The molecule has 0 spiro atoms. The quantitative estimate of drug-likeness (QED) is 0.932. The summed E-state index contributed by atoms with van der Waals surface area (Å²) in [5.74, 6) is -0.193. The van der Waals surface area contributed by atoms with Crippen LogP contribution in [0.3, 0.4) is 0 Å². The SMILES string of the molecule is CC(O)CN(C)c1ncc(Br)cc1C(F)(F)F. The Labute approximate surface area is 105 Å². The fraction of sp³-hybridized carbons (Fsp3) is 0.500. The summed E-state index contributed by atoms with van der Waals surface area (Å²) >= 11 is 2.96. The number of hydrogen-bond donors (Lipinski definition) is 1. The molecule has 0 aromatic carbocycles. The number of likely N-dealkylation sites (N-methyl/N-ethyl adjacent to an activating group) is 1. The molecule has 0 aliphatic heterocycles. The highest BCUT2D eigenvalue weighted by Gasteiger charge is 2.35. The predicted octanol–water partition coefficient (Wildman–Crippen LogP) is 2.68. The minimum atomic E-state index is -4.47. The normalized spacial score (nSPS) is 13.6. The van der Waals surface area contributed by atoms with Crippen LogP contribution in [0.15, 0.2) is 16.7 Å². The lowest BCUT2D eigenvalue weighted by molar-refractivity contribution is -0.137. The summed E-state index contributed by atoms with van der Waals surface area (Å²) in [4.78, 5) is 5.02. The monoisotopic (exact) mass is 312 g/mol. The van der Waals surface area contributed by atoms with Gasteiger partial charge in [0.1, 0.15) is 5.82 Å². The van der Waals surface area contributed by atoms with Gasteiger partial charge >= 0.3 is 6.18 Å². The zero-order valence-electron chi connectivity index (χ0n) is 9.29. The standard InChI is InChI=1S/C10H12BrF3N2O/c1-6(17)5-16(2)9-8(10(12,13)14)3-7(11)4-15-9/h3-4,6,17H,5H2,1-2H3. The van der Waals surface area contributed by atoms with E-state index in [9.17, 15) is 18.3 Å². The topological polar surface area (TPSA) is 36.4 Å². The molecule has 1 atom stereocenters. The summed E-state index contributed by atoms with van der Waals surface area (Å²) in [6.45, 7) is 1.58. The van der Waals surface area contributed by atoms with Gasteiger partial charge in [0.15, 0.2) is 0 Å². The molecular weight excluding hydrogens is 301 g/mol. The average molecular weight is 313 g/mol. The van der Waals surface area contributed by atoms with Crippen molar-refractivity contribution in [1.82, 2.24) is 4.98 Å². The third-order valence-corrected chi connectivity index (χ3v) is 2.47. The Bertz CT molecular complexity index is 396. The first-order valence-corrected chi connectivity index (χ1v) is 5.63. The van der Waals surface area contributed by atoms with Crippen molar-refractivity contribution in [3.8, 4) is 0 Å². The number of rotatable bonds is 3. The molecular formula is C10H12BrF3N2O. The molecule has 1 N–H and O–H groups in total. The first kappa shape index (κ1) is 14.2. The van der Waals surface area contributed by atoms with Crippen molar-refractivity contribution < 1.29 is 18.3 Å². The number of aromatic nitrogens is 1. The van der Waals surface area contributed by atoms with Gasteiger partial charge in [0, 0.05) is 24.3 Å². The van der Waals surface area contributed by atoms with Crippen LogP contribution in [0.1, 0.15) is 12.5 Å². The Balaban J connectivity index is 3.15. The molecule has 1 aromatic rings. The van der Waals surface area contributed by atoms with Crippen molar-refractivity contribution in [2.24, 2.45) is 0 Å². The molecule has 0 radical (unpaired) electrons. The van der Waals surface area contributed by atoms with E-state index >= 15 is 0 Å². The van der Waals surface area contributed by atoms with Gasteiger partial charge in [0.2, 0.25) is 0 Å². The molecule has 1 unspecified atom stereocenters. The Kier molecular flexibility index (Phi) is 4.37. The molecule has 96 valence electrons. The Morgan fingerprint density at radius 3 is 2.59 bits per heavy atom. The van der Waals surface area contributed by atoms with Gasteiger partial charge in [-0.15, -0.1) is 0 Å². The van der Waals surface area contributed by atoms with Crippen LogP contribution < -0.4 is 4.90 Å². The Morgan fingerprint density at radius 2 is 2.12 bits per heavy atom. The second-order valence-corrected chi connectivity index (χ2v) is 4.67. The highest BCUT2D eigenvalue weighted by atomic mass is 79.9. The number of hydrogen-bond acceptors (Lipinski definition) is 3. The zero-order chi connectivity index (χ0) is 13.2. The average Bonchev–Trinajstić information content (AvgIpc) is 2.14. The first-order chi connectivity index (χ1) is 7.71. The van der Waals surface area contributed by atoms with Gasteiger partial charge in [-0.3, -0.25) is 0 Å². The largest absolute Gasteiger partial charge is 0.419 e. The van der Waals surface area contributed by atoms with Crippen molar-refractivity contribution in [2.75, 3.05) is 18.5 Å². The summed E-state index contributed by atoms with van der Waals surface area (Å²) in [5.41, 5.74) is -0.824. The van der Waals surface area contributed by atoms with Crippen molar-refractivity contribution in [1.29, 1.82) is 0 Å². The minimum Gasteiger partial charge on any atom is -0.392 e. The van der Waals surface area contributed by atoms with Crippen LogP contribution in [-0.2, 0) is 6.18 Å². The number of pyridine rings is 1. The van der Waals surface area contributed by atoms with Crippen LogP contribution in [0.5, 0.6) is 0 Å². The molecule has 0 bridgehead atoms. The maximum atomic E-state index is 12.8. The zero-order valence-corrected chi connectivity index (χ0v) is 10.9. The second-order valence-electron chi connectivity index (χ2n) is 3.75. The lowest BCUT2D eigenvalue weighted by Gasteiger charge is -2.23. The summed E-state index contributed by atoms with van der Waals surface area (Å²) < 4.78 is 38.6. The van der Waals surface area contributed by atoms with Crippen LogP contribution in [0.25, 0.3) is 0 Å². The van der Waals surface area contributed by atoms with Crippen molar-refractivity contribution in [2.45, 2.75) is 19.2 Å². The molecule has 0 amide bonds. The number of anilines is 1. The van der Waals surface area contributed by atoms with Crippen LogP contribution in [0, 0.1) is 0 Å². The van der Waals surface area contributed by atoms with E-state index in [1.54, 1.807) is 0 Å². The summed E-state index contributed by atoms with van der Waals surface area (Å²) in [5, 5.41) is 9.17. The van der Waals surface area contributed by atoms with Crippen LogP contribution in [0.2, 0.25) is 0 Å². The summed E-state index contributed by atoms with van der Waals surface area (Å²) in [6, 6.07) is 0.973. The van der Waals surface area contributed by atoms with Crippen molar-refractivity contribution in [3.05, 3.63) is 22.3 Å². The predicted molar refractivity (Wildman–Crippen MR) is 61.9 cm³/mol. The Hall–Kier alpha value is -0.820. The molecule has 0 aliphatic carbocycles. The first-order valence-electron chi connectivity index (χ1n) is 4.83. The molecule has 1 heterocycles. The van der Waals surface area contributed by atoms with Gasteiger partial charge in [-0.1, -0.05) is 0 Å². The van der Waals surface area contributed by atoms with Crippen molar-refractivity contribution in [3.63, 3.8) is 0 Å². The van der Waals surface area contributed by atoms with Crippen molar-refractivity contribution >= 4 is 21.7 Å². The molecule has 1 aromatic heterocycles. The lowest BCUT2D eigenvalue weighted by atomic mass is 10.2. The maximum absolute atomic E-state index is 12.8. The van der Waals surface area contributed by atoms with Gasteiger partial charge in [0.25, 0.3) is 0 Å². The molecule has 1 rings (SSSR count).